The first-order valence-corrected chi connectivity index (χ1v) is 6.20. The fraction of sp³-hybridized carbons (Fsp3) is 0.308. The van der Waals surface area contributed by atoms with Gasteiger partial charge < -0.3 is 15.7 Å². The van der Waals surface area contributed by atoms with E-state index < -0.39 is 0 Å². The van der Waals surface area contributed by atoms with Crippen LogP contribution >= 0.6 is 11.6 Å². The highest BCUT2D eigenvalue weighted by molar-refractivity contribution is 6.33. The third-order valence-corrected chi connectivity index (χ3v) is 3.16. The summed E-state index contributed by atoms with van der Waals surface area (Å²) < 4.78 is 0. The lowest BCUT2D eigenvalue weighted by atomic mass is 10.1. The van der Waals surface area contributed by atoms with E-state index in [4.69, 9.17) is 11.6 Å². The Bertz CT molecular complexity index is 486. The second-order valence-corrected chi connectivity index (χ2v) is 4.57. The van der Waals surface area contributed by atoms with E-state index in [2.05, 4.69) is 16.7 Å². The van der Waals surface area contributed by atoms with Gasteiger partial charge in [0, 0.05) is 13.1 Å². The summed E-state index contributed by atoms with van der Waals surface area (Å²) in [5.41, 5.74) is 1.50. The number of phenolic OH excluding ortho intramolecular Hbond substituents is 1. The molecule has 0 saturated heterocycles. The van der Waals surface area contributed by atoms with E-state index >= 15 is 0 Å². The molecular formula is C13H15ClN2O2. The second kappa shape index (κ2) is 5.89. The Hall–Kier alpha value is -1.52. The number of amides is 1. The van der Waals surface area contributed by atoms with Gasteiger partial charge >= 0.3 is 0 Å². The van der Waals surface area contributed by atoms with Crippen LogP contribution in [0.25, 0.3) is 0 Å². The van der Waals surface area contributed by atoms with Crippen LogP contribution in [0.4, 0.5) is 0 Å². The van der Waals surface area contributed by atoms with Crippen LogP contribution in [0.2, 0.25) is 5.02 Å². The topological polar surface area (TPSA) is 61.4 Å². The van der Waals surface area contributed by atoms with Gasteiger partial charge in [0.1, 0.15) is 5.75 Å². The maximum absolute atomic E-state index is 11.9. The molecule has 0 aliphatic carbocycles. The summed E-state index contributed by atoms with van der Waals surface area (Å²) in [6, 6.07) is 4.33. The summed E-state index contributed by atoms with van der Waals surface area (Å²) in [6.45, 7) is 2.30. The smallest absolute Gasteiger partial charge is 0.253 e. The van der Waals surface area contributed by atoms with Crippen LogP contribution in [0.1, 0.15) is 16.8 Å². The Morgan fingerprint density at radius 2 is 2.33 bits per heavy atom. The monoisotopic (exact) mass is 266 g/mol. The standard InChI is InChI=1S/C13H15ClN2O2/c14-12-2-1-10(17)7-11(12)13(18)16-8-9-3-5-15-6-4-9/h1-3,7,15,17H,4-6,8H2,(H,16,18). The highest BCUT2D eigenvalue weighted by atomic mass is 35.5. The van der Waals surface area contributed by atoms with Crippen molar-refractivity contribution in [3.05, 3.63) is 40.4 Å². The summed E-state index contributed by atoms with van der Waals surface area (Å²) in [4.78, 5) is 11.9. The van der Waals surface area contributed by atoms with E-state index in [9.17, 15) is 9.90 Å². The highest BCUT2D eigenvalue weighted by Crippen LogP contribution is 2.21. The van der Waals surface area contributed by atoms with Gasteiger partial charge in [0.15, 0.2) is 0 Å². The minimum atomic E-state index is -0.268. The average Bonchev–Trinajstić information content (AvgIpc) is 2.40. The van der Waals surface area contributed by atoms with Crippen molar-refractivity contribution < 1.29 is 9.90 Å². The molecule has 1 aliphatic rings. The lowest BCUT2D eigenvalue weighted by molar-refractivity contribution is 0.0956. The number of phenols is 1. The van der Waals surface area contributed by atoms with Gasteiger partial charge in [-0.25, -0.2) is 0 Å². The summed E-state index contributed by atoms with van der Waals surface area (Å²) in [7, 11) is 0. The van der Waals surface area contributed by atoms with Crippen molar-refractivity contribution in [2.75, 3.05) is 19.6 Å². The van der Waals surface area contributed by atoms with Gasteiger partial charge in [0.2, 0.25) is 0 Å². The molecule has 4 nitrogen and oxygen atoms in total. The first-order valence-electron chi connectivity index (χ1n) is 5.82. The minimum Gasteiger partial charge on any atom is -0.508 e. The zero-order chi connectivity index (χ0) is 13.0. The van der Waals surface area contributed by atoms with Crippen LogP contribution in [0.3, 0.4) is 0 Å². The number of rotatable bonds is 3. The number of aromatic hydroxyl groups is 1. The number of carbonyl (C=O) groups excluding carboxylic acids is 1. The van der Waals surface area contributed by atoms with Crippen molar-refractivity contribution >= 4 is 17.5 Å². The fourth-order valence-electron chi connectivity index (χ4n) is 1.81. The van der Waals surface area contributed by atoms with Crippen LogP contribution in [0.15, 0.2) is 29.8 Å². The SMILES string of the molecule is O=C(NCC1=CCNCC1)c1cc(O)ccc1Cl. The molecule has 3 N–H and O–H groups in total. The van der Waals surface area contributed by atoms with Gasteiger partial charge in [-0.2, -0.15) is 0 Å². The van der Waals surface area contributed by atoms with Gasteiger partial charge in [-0.05, 0) is 31.2 Å². The molecule has 2 rings (SSSR count). The van der Waals surface area contributed by atoms with E-state index in [1.54, 1.807) is 0 Å². The summed E-state index contributed by atoms with van der Waals surface area (Å²) >= 11 is 5.92. The largest absolute Gasteiger partial charge is 0.508 e. The van der Waals surface area contributed by atoms with Gasteiger partial charge in [0.05, 0.1) is 10.6 Å². The van der Waals surface area contributed by atoms with Crippen LogP contribution in [0.5, 0.6) is 5.75 Å². The molecule has 0 aromatic heterocycles. The van der Waals surface area contributed by atoms with E-state index in [1.807, 2.05) is 0 Å². The second-order valence-electron chi connectivity index (χ2n) is 4.16. The van der Waals surface area contributed by atoms with Crippen molar-refractivity contribution in [2.45, 2.75) is 6.42 Å². The molecule has 18 heavy (non-hydrogen) atoms. The first-order chi connectivity index (χ1) is 8.66. The summed E-state index contributed by atoms with van der Waals surface area (Å²) in [5.74, 6) is -0.235. The zero-order valence-corrected chi connectivity index (χ0v) is 10.6. The molecule has 0 unspecified atom stereocenters. The number of nitrogens with one attached hydrogen (secondary N) is 2. The number of benzene rings is 1. The third-order valence-electron chi connectivity index (χ3n) is 2.83. The van der Waals surface area contributed by atoms with E-state index in [-0.39, 0.29) is 11.7 Å². The molecule has 0 bridgehead atoms. The molecule has 0 radical (unpaired) electrons. The molecule has 0 spiro atoms. The summed E-state index contributed by atoms with van der Waals surface area (Å²) in [5, 5.41) is 15.7. The molecule has 1 aliphatic heterocycles. The predicted molar refractivity (Wildman–Crippen MR) is 71.0 cm³/mol. The molecule has 5 heteroatoms. The molecule has 1 amide bonds. The van der Waals surface area contributed by atoms with Gasteiger partial charge in [-0.3, -0.25) is 4.79 Å². The zero-order valence-electron chi connectivity index (χ0n) is 9.87. The van der Waals surface area contributed by atoms with Crippen molar-refractivity contribution in [1.82, 2.24) is 10.6 Å². The van der Waals surface area contributed by atoms with E-state index in [0.717, 1.165) is 19.5 Å². The van der Waals surface area contributed by atoms with Crippen molar-refractivity contribution in [3.63, 3.8) is 0 Å². The summed E-state index contributed by atoms with van der Waals surface area (Å²) in [6.07, 6.45) is 3.02. The highest BCUT2D eigenvalue weighted by Gasteiger charge is 2.12. The van der Waals surface area contributed by atoms with Gasteiger partial charge in [0.25, 0.3) is 5.91 Å². The maximum atomic E-state index is 11.9. The Morgan fingerprint density at radius 1 is 1.50 bits per heavy atom. The first kappa shape index (κ1) is 12.9. The normalized spacial score (nSPS) is 15.1. The Balaban J connectivity index is 1.99. The lowest BCUT2D eigenvalue weighted by Gasteiger charge is -2.14. The number of carbonyl (C=O) groups is 1. The van der Waals surface area contributed by atoms with Crippen LogP contribution in [-0.2, 0) is 0 Å². The Morgan fingerprint density at radius 3 is 3.06 bits per heavy atom. The van der Waals surface area contributed by atoms with Gasteiger partial charge in [-0.15, -0.1) is 0 Å². The fourth-order valence-corrected chi connectivity index (χ4v) is 2.01. The number of halogens is 1. The molecule has 1 aromatic rings. The van der Waals surface area contributed by atoms with Crippen molar-refractivity contribution in [2.24, 2.45) is 0 Å². The molecule has 0 atom stereocenters. The maximum Gasteiger partial charge on any atom is 0.253 e. The van der Waals surface area contributed by atoms with E-state index in [0.29, 0.717) is 17.1 Å². The predicted octanol–water partition coefficient (Wildman–Crippen LogP) is 1.70. The van der Waals surface area contributed by atoms with Crippen molar-refractivity contribution in [3.8, 4) is 5.75 Å². The van der Waals surface area contributed by atoms with Crippen molar-refractivity contribution in [1.29, 1.82) is 0 Å². The lowest BCUT2D eigenvalue weighted by Crippen LogP contribution is -2.29. The molecule has 1 aromatic carbocycles. The minimum absolute atomic E-state index is 0.0330. The van der Waals surface area contributed by atoms with Crippen LogP contribution in [0, 0.1) is 0 Å². The number of hydrogen-bond donors (Lipinski definition) is 3. The van der Waals surface area contributed by atoms with Crippen LogP contribution < -0.4 is 10.6 Å². The molecule has 0 fully saturated rings. The Kier molecular flexibility index (Phi) is 4.23. The molecule has 96 valence electrons. The van der Waals surface area contributed by atoms with E-state index in [1.165, 1.54) is 23.8 Å². The Labute approximate surface area is 111 Å². The van der Waals surface area contributed by atoms with Crippen LogP contribution in [-0.4, -0.2) is 30.6 Å². The third kappa shape index (κ3) is 3.24. The van der Waals surface area contributed by atoms with Gasteiger partial charge in [-0.1, -0.05) is 23.3 Å². The average molecular weight is 267 g/mol. The molecule has 0 saturated carbocycles. The molecule has 1 heterocycles. The quantitative estimate of drug-likeness (QED) is 0.730. The number of hydrogen-bond acceptors (Lipinski definition) is 3. The molecular weight excluding hydrogens is 252 g/mol.